The van der Waals surface area contributed by atoms with Gasteiger partial charge in [0.2, 0.25) is 0 Å². The zero-order valence-electron chi connectivity index (χ0n) is 59.1. The molecule has 0 radical (unpaired) electrons. The number of ether oxygens (including phenoxy) is 4. The molecule has 0 aromatic heterocycles. The van der Waals surface area contributed by atoms with Crippen molar-refractivity contribution in [2.45, 2.75) is 387 Å². The summed E-state index contributed by atoms with van der Waals surface area (Å²) in [6.07, 6.45) is 50.3. The zero-order valence-corrected chi connectivity index (χ0v) is 60.9. The Labute approximate surface area is 556 Å². The number of rotatable bonds is 71. The van der Waals surface area contributed by atoms with Crippen LogP contribution in [-0.2, 0) is 65.4 Å². The minimum Gasteiger partial charge on any atom is -0.462 e. The Morgan fingerprint density at radius 1 is 0.308 bits per heavy atom. The van der Waals surface area contributed by atoms with E-state index >= 15 is 0 Å². The van der Waals surface area contributed by atoms with Crippen LogP contribution in [0, 0.1) is 11.8 Å². The standard InChI is InChI=1S/C72H140O17P2/c1-7-11-13-15-17-19-20-21-22-23-24-25-26-27-28-29-30-31-33-35-44-50-56-71(76)88-67(61-83-70(75)55-49-43-38-36-40-46-52-64(5)9-3)62-86-90(78,79)84-58-66(73)59-85-91(80,81)87-63-68(60-82-69(74)54-48-42-34-32-18-16-14-12-8-2)89-72(77)57-51-45-39-37-41-47-53-65(6)10-4/h64-68,73H,7-63H2,1-6H3,(H,78,79)(H,80,81)/t64?,65?,66-,67-,68-/m1/s1. The highest BCUT2D eigenvalue weighted by Gasteiger charge is 2.30. The number of hydrogen-bond acceptors (Lipinski definition) is 15. The van der Waals surface area contributed by atoms with Gasteiger partial charge in [0.15, 0.2) is 12.2 Å². The molecule has 0 aromatic rings. The average Bonchev–Trinajstić information content (AvgIpc) is 3.48. The van der Waals surface area contributed by atoms with E-state index < -0.39 is 97.5 Å². The van der Waals surface area contributed by atoms with Crippen molar-refractivity contribution in [2.24, 2.45) is 11.8 Å². The summed E-state index contributed by atoms with van der Waals surface area (Å²) in [4.78, 5) is 72.5. The molecule has 0 aliphatic rings. The summed E-state index contributed by atoms with van der Waals surface area (Å²) in [5.41, 5.74) is 0. The van der Waals surface area contributed by atoms with Crippen LogP contribution in [-0.4, -0.2) is 96.7 Å². The molecule has 3 N–H and O–H groups in total. The molecule has 0 spiro atoms. The second kappa shape index (κ2) is 64.1. The second-order valence-corrected chi connectivity index (χ2v) is 29.4. The van der Waals surface area contributed by atoms with Gasteiger partial charge >= 0.3 is 39.5 Å². The van der Waals surface area contributed by atoms with Crippen molar-refractivity contribution >= 4 is 39.5 Å². The summed E-state index contributed by atoms with van der Waals surface area (Å²) in [6, 6.07) is 0. The van der Waals surface area contributed by atoms with Gasteiger partial charge in [0.05, 0.1) is 26.4 Å². The van der Waals surface area contributed by atoms with Gasteiger partial charge in [0.1, 0.15) is 19.3 Å². The Kier molecular flexibility index (Phi) is 62.7. The smallest absolute Gasteiger partial charge is 0.462 e. The number of aliphatic hydroxyl groups excluding tert-OH is 1. The Hall–Kier alpha value is -1.94. The maximum Gasteiger partial charge on any atom is 0.472 e. The van der Waals surface area contributed by atoms with E-state index in [-0.39, 0.29) is 25.7 Å². The molecule has 4 unspecified atom stereocenters. The van der Waals surface area contributed by atoms with E-state index in [4.69, 9.17) is 37.0 Å². The topological polar surface area (TPSA) is 237 Å². The highest BCUT2D eigenvalue weighted by Crippen LogP contribution is 2.45. The van der Waals surface area contributed by atoms with Crippen LogP contribution in [0.2, 0.25) is 0 Å². The maximum absolute atomic E-state index is 13.0. The van der Waals surface area contributed by atoms with E-state index in [1.54, 1.807) is 0 Å². The van der Waals surface area contributed by atoms with Crippen molar-refractivity contribution in [1.82, 2.24) is 0 Å². The lowest BCUT2D eigenvalue weighted by molar-refractivity contribution is -0.161. The first kappa shape index (κ1) is 89.1. The molecule has 0 aromatic carbocycles. The van der Waals surface area contributed by atoms with Crippen LogP contribution in [0.15, 0.2) is 0 Å². The van der Waals surface area contributed by atoms with Gasteiger partial charge < -0.3 is 33.8 Å². The van der Waals surface area contributed by atoms with Crippen molar-refractivity contribution in [1.29, 1.82) is 0 Å². The molecule has 0 rings (SSSR count). The molecule has 0 heterocycles. The van der Waals surface area contributed by atoms with Gasteiger partial charge in [0, 0.05) is 25.7 Å². The fourth-order valence-corrected chi connectivity index (χ4v) is 12.5. The minimum atomic E-state index is -4.95. The quantitative estimate of drug-likeness (QED) is 0.0222. The molecule has 0 amide bonds. The Morgan fingerprint density at radius 2 is 0.527 bits per heavy atom. The van der Waals surface area contributed by atoms with Gasteiger partial charge in [-0.2, -0.15) is 0 Å². The number of esters is 4. The SMILES string of the molecule is CCCCCCCCCCCCCCCCCCCCCCCCC(=O)O[C@H](COC(=O)CCCCCCCCC(C)CC)COP(=O)(O)OC[C@@H](O)COP(=O)(O)OC[C@@H](COC(=O)CCCCCCCCCCC)OC(=O)CCCCCCCCC(C)CC. The van der Waals surface area contributed by atoms with E-state index in [0.717, 1.165) is 108 Å². The molecule has 0 fully saturated rings. The van der Waals surface area contributed by atoms with Gasteiger partial charge in [-0.05, 0) is 37.5 Å². The van der Waals surface area contributed by atoms with Gasteiger partial charge in [-0.25, -0.2) is 9.13 Å². The van der Waals surface area contributed by atoms with E-state index in [0.29, 0.717) is 25.7 Å². The van der Waals surface area contributed by atoms with Gasteiger partial charge in [-0.1, -0.05) is 318 Å². The molecular weight excluding hydrogens is 1200 g/mol. The van der Waals surface area contributed by atoms with Crippen molar-refractivity contribution in [3.05, 3.63) is 0 Å². The summed E-state index contributed by atoms with van der Waals surface area (Å²) in [5.74, 6) is -0.678. The normalized spacial score (nSPS) is 14.7. The van der Waals surface area contributed by atoms with Crippen LogP contribution in [0.4, 0.5) is 0 Å². The van der Waals surface area contributed by atoms with Crippen molar-refractivity contribution in [3.63, 3.8) is 0 Å². The highest BCUT2D eigenvalue weighted by molar-refractivity contribution is 7.47. The summed E-state index contributed by atoms with van der Waals surface area (Å²) in [7, 11) is -9.90. The summed E-state index contributed by atoms with van der Waals surface area (Å²) >= 11 is 0. The third-order valence-corrected chi connectivity index (χ3v) is 19.3. The number of aliphatic hydroxyl groups is 1. The maximum atomic E-state index is 13.0. The molecule has 0 aliphatic carbocycles. The number of hydrogen-bond donors (Lipinski definition) is 3. The van der Waals surface area contributed by atoms with Gasteiger partial charge in [-0.3, -0.25) is 37.3 Å². The molecule has 0 aliphatic heterocycles. The number of carbonyl (C=O) groups is 4. The summed E-state index contributed by atoms with van der Waals surface area (Å²) in [5, 5.41) is 10.6. The molecular formula is C72H140O17P2. The van der Waals surface area contributed by atoms with Crippen LogP contribution in [0.5, 0.6) is 0 Å². The number of unbranched alkanes of at least 4 members (excludes halogenated alkanes) is 39. The predicted molar refractivity (Wildman–Crippen MR) is 368 cm³/mol. The van der Waals surface area contributed by atoms with Crippen LogP contribution >= 0.6 is 15.6 Å². The number of carbonyl (C=O) groups excluding carboxylic acids is 4. The largest absolute Gasteiger partial charge is 0.472 e. The minimum absolute atomic E-state index is 0.103. The average molecular weight is 1340 g/mol. The lowest BCUT2D eigenvalue weighted by atomic mass is 10.00. The van der Waals surface area contributed by atoms with Crippen molar-refractivity contribution < 1.29 is 80.2 Å². The first-order valence-corrected chi connectivity index (χ1v) is 40.6. The Bertz CT molecular complexity index is 1770. The third-order valence-electron chi connectivity index (χ3n) is 17.4. The molecule has 19 heteroatoms. The molecule has 0 saturated heterocycles. The Morgan fingerprint density at radius 3 is 0.780 bits per heavy atom. The molecule has 91 heavy (non-hydrogen) atoms. The predicted octanol–water partition coefficient (Wildman–Crippen LogP) is 20.8. The monoisotopic (exact) mass is 1340 g/mol. The fourth-order valence-electron chi connectivity index (χ4n) is 10.9. The molecule has 7 atom stereocenters. The van der Waals surface area contributed by atoms with Gasteiger partial charge in [-0.15, -0.1) is 0 Å². The zero-order chi connectivity index (χ0) is 67.2. The first-order valence-electron chi connectivity index (χ1n) is 37.6. The third kappa shape index (κ3) is 63.9. The fraction of sp³-hybridized carbons (Fsp3) is 0.944. The second-order valence-electron chi connectivity index (χ2n) is 26.5. The van der Waals surface area contributed by atoms with Crippen LogP contribution in [0.3, 0.4) is 0 Å². The summed E-state index contributed by atoms with van der Waals surface area (Å²) in [6.45, 7) is 9.45. The molecule has 0 bridgehead atoms. The van der Waals surface area contributed by atoms with Gasteiger partial charge in [0.25, 0.3) is 0 Å². The molecule has 540 valence electrons. The first-order chi connectivity index (χ1) is 43.9. The van der Waals surface area contributed by atoms with Crippen LogP contribution in [0.25, 0.3) is 0 Å². The molecule has 0 saturated carbocycles. The number of phosphoric ester groups is 2. The lowest BCUT2D eigenvalue weighted by Crippen LogP contribution is -2.30. The van der Waals surface area contributed by atoms with Crippen LogP contribution in [0.1, 0.15) is 369 Å². The van der Waals surface area contributed by atoms with Crippen molar-refractivity contribution in [3.8, 4) is 0 Å². The Balaban J connectivity index is 5.13. The highest BCUT2D eigenvalue weighted by atomic mass is 31.2. The molecule has 17 nitrogen and oxygen atoms in total. The van der Waals surface area contributed by atoms with E-state index in [2.05, 4.69) is 41.5 Å². The lowest BCUT2D eigenvalue weighted by Gasteiger charge is -2.21. The van der Waals surface area contributed by atoms with Crippen LogP contribution < -0.4 is 0 Å². The summed E-state index contributed by atoms with van der Waals surface area (Å²) < 4.78 is 68.2. The van der Waals surface area contributed by atoms with E-state index in [9.17, 15) is 43.2 Å². The number of phosphoric acid groups is 2. The van der Waals surface area contributed by atoms with E-state index in [1.807, 2.05) is 0 Å². The van der Waals surface area contributed by atoms with E-state index in [1.165, 1.54) is 180 Å². The van der Waals surface area contributed by atoms with Crippen molar-refractivity contribution in [2.75, 3.05) is 39.6 Å².